The summed E-state index contributed by atoms with van der Waals surface area (Å²) in [5, 5.41) is 8.62. The predicted molar refractivity (Wildman–Crippen MR) is 103 cm³/mol. The molecule has 0 N–H and O–H groups in total. The summed E-state index contributed by atoms with van der Waals surface area (Å²) in [6.45, 7) is 3.65. The van der Waals surface area contributed by atoms with Gasteiger partial charge in [-0.2, -0.15) is 0 Å². The minimum absolute atomic E-state index is 0.222. The molecule has 1 aliphatic heterocycles. The summed E-state index contributed by atoms with van der Waals surface area (Å²) < 4.78 is 2.06. The van der Waals surface area contributed by atoms with Gasteiger partial charge in [0.2, 0.25) is 5.91 Å². The molecule has 1 aliphatic rings. The number of carbonyl (C=O) groups excluding carboxylic acids is 1. The van der Waals surface area contributed by atoms with E-state index in [-0.39, 0.29) is 5.91 Å². The average molecular weight is 366 g/mol. The maximum absolute atomic E-state index is 12.5. The van der Waals surface area contributed by atoms with E-state index in [1.165, 1.54) is 5.56 Å². The van der Waals surface area contributed by atoms with E-state index in [0.29, 0.717) is 11.7 Å². The van der Waals surface area contributed by atoms with Crippen LogP contribution in [0.1, 0.15) is 30.1 Å². The van der Waals surface area contributed by atoms with Crippen LogP contribution in [0.2, 0.25) is 0 Å². The molecule has 4 rings (SSSR count). The van der Waals surface area contributed by atoms with Gasteiger partial charge in [0.05, 0.1) is 5.75 Å². The first kappa shape index (κ1) is 17.1. The summed E-state index contributed by atoms with van der Waals surface area (Å²) in [7, 11) is 0. The number of amides is 1. The van der Waals surface area contributed by atoms with Crippen molar-refractivity contribution in [2.75, 3.05) is 18.8 Å². The lowest BCUT2D eigenvalue weighted by atomic mass is 9.96. The van der Waals surface area contributed by atoms with Crippen molar-refractivity contribution in [3.63, 3.8) is 0 Å². The molecule has 1 fully saturated rings. The number of fused-ring (bicyclic) bond motifs is 1. The Balaban J connectivity index is 1.33. The van der Waals surface area contributed by atoms with E-state index in [0.717, 1.165) is 42.3 Å². The molecule has 1 saturated heterocycles. The Bertz CT molecular complexity index is 898. The molecular weight excluding hydrogens is 344 g/mol. The molecule has 3 heterocycles. The van der Waals surface area contributed by atoms with E-state index >= 15 is 0 Å². The van der Waals surface area contributed by atoms with E-state index < -0.39 is 0 Å². The molecule has 1 amide bonds. The van der Waals surface area contributed by atoms with Crippen LogP contribution in [0.4, 0.5) is 0 Å². The highest BCUT2D eigenvalue weighted by molar-refractivity contribution is 8.00. The molecular formula is C20H22N4OS. The quantitative estimate of drug-likeness (QED) is 0.663. The van der Waals surface area contributed by atoms with Crippen molar-refractivity contribution in [2.24, 2.45) is 0 Å². The molecule has 26 heavy (non-hydrogen) atoms. The Morgan fingerprint density at radius 2 is 1.88 bits per heavy atom. The fourth-order valence-corrected chi connectivity index (χ4v) is 4.20. The van der Waals surface area contributed by atoms with Crippen molar-refractivity contribution in [1.82, 2.24) is 19.5 Å². The number of thioether (sulfide) groups is 1. The van der Waals surface area contributed by atoms with Gasteiger partial charge < -0.3 is 4.90 Å². The van der Waals surface area contributed by atoms with Crippen molar-refractivity contribution in [1.29, 1.82) is 0 Å². The first-order valence-corrected chi connectivity index (χ1v) is 9.96. The Labute approximate surface area is 157 Å². The molecule has 0 radical (unpaired) electrons. The van der Waals surface area contributed by atoms with Crippen molar-refractivity contribution in [3.8, 4) is 0 Å². The van der Waals surface area contributed by atoms with E-state index in [9.17, 15) is 4.79 Å². The summed E-state index contributed by atoms with van der Waals surface area (Å²) in [6, 6.07) is 14.3. The minimum atomic E-state index is 0.222. The van der Waals surface area contributed by atoms with Crippen molar-refractivity contribution >= 4 is 23.3 Å². The number of pyridine rings is 1. The largest absolute Gasteiger partial charge is 0.342 e. The Kier molecular flexibility index (Phi) is 4.93. The van der Waals surface area contributed by atoms with Crippen molar-refractivity contribution in [2.45, 2.75) is 30.6 Å². The number of aryl methyl sites for hydroxylation is 1. The van der Waals surface area contributed by atoms with Gasteiger partial charge in [0, 0.05) is 30.1 Å². The van der Waals surface area contributed by atoms with Crippen LogP contribution < -0.4 is 0 Å². The number of piperidine rings is 1. The maximum atomic E-state index is 12.5. The molecule has 3 aromatic rings. The van der Waals surface area contributed by atoms with Gasteiger partial charge in [0.1, 0.15) is 5.82 Å². The van der Waals surface area contributed by atoms with E-state index in [4.69, 9.17) is 0 Å². The highest BCUT2D eigenvalue weighted by atomic mass is 32.2. The van der Waals surface area contributed by atoms with E-state index in [1.54, 1.807) is 11.8 Å². The maximum Gasteiger partial charge on any atom is 0.232 e. The highest BCUT2D eigenvalue weighted by Gasteiger charge is 2.26. The summed E-state index contributed by atoms with van der Waals surface area (Å²) in [6.07, 6.45) is 3.90. The van der Waals surface area contributed by atoms with E-state index in [1.807, 2.05) is 29.3 Å². The second-order valence-electron chi connectivity index (χ2n) is 6.74. The number of benzene rings is 1. The van der Waals surface area contributed by atoms with Crippen LogP contribution in [-0.2, 0) is 4.79 Å². The van der Waals surface area contributed by atoms with Crippen molar-refractivity contribution in [3.05, 3.63) is 60.0 Å². The number of hydrogen-bond acceptors (Lipinski definition) is 4. The van der Waals surface area contributed by atoms with Gasteiger partial charge in [0.25, 0.3) is 0 Å². The molecule has 0 saturated carbocycles. The van der Waals surface area contributed by atoms with Crippen LogP contribution in [0.25, 0.3) is 5.65 Å². The number of rotatable bonds is 4. The van der Waals surface area contributed by atoms with Crippen LogP contribution in [-0.4, -0.2) is 44.2 Å². The van der Waals surface area contributed by atoms with Gasteiger partial charge in [-0.15, -0.1) is 22.0 Å². The lowest BCUT2D eigenvalue weighted by Gasteiger charge is -2.31. The zero-order valence-corrected chi connectivity index (χ0v) is 15.7. The van der Waals surface area contributed by atoms with Crippen LogP contribution in [0, 0.1) is 6.92 Å². The van der Waals surface area contributed by atoms with Gasteiger partial charge in [-0.25, -0.2) is 0 Å². The van der Waals surface area contributed by atoms with Crippen molar-refractivity contribution < 1.29 is 4.79 Å². The molecule has 0 unspecified atom stereocenters. The lowest BCUT2D eigenvalue weighted by molar-refractivity contribution is -0.129. The monoisotopic (exact) mass is 366 g/mol. The number of hydrogen-bond donors (Lipinski definition) is 0. The van der Waals surface area contributed by atoms with E-state index in [2.05, 4.69) is 45.8 Å². The fourth-order valence-electron chi connectivity index (χ4n) is 3.40. The normalized spacial score (nSPS) is 15.5. The molecule has 1 aromatic carbocycles. The second kappa shape index (κ2) is 7.50. The number of likely N-dealkylation sites (tertiary alicyclic amines) is 1. The minimum Gasteiger partial charge on any atom is -0.342 e. The molecule has 5 nitrogen and oxygen atoms in total. The molecule has 2 aromatic heterocycles. The topological polar surface area (TPSA) is 50.5 Å². The Hall–Kier alpha value is -2.34. The second-order valence-corrected chi connectivity index (χ2v) is 7.79. The summed E-state index contributed by atoms with van der Waals surface area (Å²) in [4.78, 5) is 15.6. The van der Waals surface area contributed by atoms with Crippen LogP contribution in [0.5, 0.6) is 0 Å². The average Bonchev–Trinajstić information content (AvgIpc) is 3.11. The van der Waals surface area contributed by atoms with Crippen LogP contribution in [0.15, 0.2) is 53.6 Å². The van der Waals surface area contributed by atoms with Gasteiger partial charge in [-0.05, 0) is 44.0 Å². The number of nitrogens with zero attached hydrogens (tertiary/aromatic N) is 4. The standard InChI is InChI=1S/C20H22N4OS/c1-15-5-7-17(8-6-15)26-14-19(25)23-12-9-16(10-13-23)20-22-21-18-4-2-3-11-24(18)20/h2-8,11,16H,9-10,12-14H2,1H3. The van der Waals surface area contributed by atoms with Gasteiger partial charge in [0.15, 0.2) is 5.65 Å². The zero-order chi connectivity index (χ0) is 17.9. The molecule has 0 bridgehead atoms. The van der Waals surface area contributed by atoms with Crippen LogP contribution in [0.3, 0.4) is 0 Å². The summed E-state index contributed by atoms with van der Waals surface area (Å²) in [5.41, 5.74) is 2.12. The first-order chi connectivity index (χ1) is 12.7. The molecule has 0 spiro atoms. The number of aromatic nitrogens is 3. The van der Waals surface area contributed by atoms with Gasteiger partial charge >= 0.3 is 0 Å². The SMILES string of the molecule is Cc1ccc(SCC(=O)N2CCC(c3nnc4ccccn34)CC2)cc1. The predicted octanol–water partition coefficient (Wildman–Crippen LogP) is 3.54. The van der Waals surface area contributed by atoms with Gasteiger partial charge in [-0.1, -0.05) is 23.8 Å². The van der Waals surface area contributed by atoms with Crippen LogP contribution >= 0.6 is 11.8 Å². The first-order valence-electron chi connectivity index (χ1n) is 8.97. The third-order valence-electron chi connectivity index (χ3n) is 4.94. The van der Waals surface area contributed by atoms with Gasteiger partial charge in [-0.3, -0.25) is 9.20 Å². The zero-order valence-electron chi connectivity index (χ0n) is 14.8. The third kappa shape index (κ3) is 3.60. The Morgan fingerprint density at radius 1 is 1.12 bits per heavy atom. The molecule has 6 heteroatoms. The molecule has 0 atom stereocenters. The highest BCUT2D eigenvalue weighted by Crippen LogP contribution is 2.28. The summed E-state index contributed by atoms with van der Waals surface area (Å²) in [5.74, 6) is 2.10. The Morgan fingerprint density at radius 3 is 2.65 bits per heavy atom. The third-order valence-corrected chi connectivity index (χ3v) is 5.93. The number of carbonyl (C=O) groups is 1. The lowest BCUT2D eigenvalue weighted by Crippen LogP contribution is -2.39. The fraction of sp³-hybridized carbons (Fsp3) is 0.350. The molecule has 134 valence electrons. The summed E-state index contributed by atoms with van der Waals surface area (Å²) >= 11 is 1.61. The smallest absolute Gasteiger partial charge is 0.232 e. The molecule has 0 aliphatic carbocycles.